The standard InChI is InChI=1S/C28H54N2/c1-7-9-11-13-15-17-22-29(3,4)25-27-20-19-21-28(24-27)26-30(5,6)23-18-16-14-12-10-8-2/h19-21,24H,7-18,22-23,25-26H2,1-6H3/q+2. The fourth-order valence-corrected chi connectivity index (χ4v) is 4.61. The molecule has 2 nitrogen and oxygen atoms in total. The van der Waals surface area contributed by atoms with Crippen LogP contribution in [0.15, 0.2) is 24.3 Å². The molecule has 0 aliphatic rings. The van der Waals surface area contributed by atoms with Crippen LogP contribution in [0.4, 0.5) is 0 Å². The van der Waals surface area contributed by atoms with E-state index in [1.54, 1.807) is 0 Å². The maximum Gasteiger partial charge on any atom is 0.104 e. The van der Waals surface area contributed by atoms with Gasteiger partial charge in [0, 0.05) is 11.1 Å². The third-order valence-corrected chi connectivity index (χ3v) is 6.45. The monoisotopic (exact) mass is 418 g/mol. The van der Waals surface area contributed by atoms with Crippen LogP contribution in [0.25, 0.3) is 0 Å². The second-order valence-corrected chi connectivity index (χ2v) is 11.0. The van der Waals surface area contributed by atoms with E-state index in [1.807, 2.05) is 0 Å². The first-order valence-corrected chi connectivity index (χ1v) is 13.0. The first kappa shape index (κ1) is 27.2. The molecule has 0 spiro atoms. The van der Waals surface area contributed by atoms with Gasteiger partial charge in [-0.15, -0.1) is 0 Å². The van der Waals surface area contributed by atoms with Crippen LogP contribution in [0.3, 0.4) is 0 Å². The van der Waals surface area contributed by atoms with E-state index in [0.717, 1.165) is 22.1 Å². The zero-order chi connectivity index (χ0) is 22.3. The highest BCUT2D eigenvalue weighted by Crippen LogP contribution is 2.17. The summed E-state index contributed by atoms with van der Waals surface area (Å²) in [6, 6.07) is 9.42. The summed E-state index contributed by atoms with van der Waals surface area (Å²) in [5, 5.41) is 0. The van der Waals surface area contributed by atoms with Gasteiger partial charge in [0.15, 0.2) is 0 Å². The number of quaternary nitrogens is 2. The first-order valence-electron chi connectivity index (χ1n) is 13.0. The molecular weight excluding hydrogens is 364 g/mol. The number of unbranched alkanes of at least 4 members (excludes halogenated alkanes) is 10. The average Bonchev–Trinajstić information content (AvgIpc) is 2.67. The van der Waals surface area contributed by atoms with Crippen molar-refractivity contribution in [3.63, 3.8) is 0 Å². The van der Waals surface area contributed by atoms with Crippen molar-refractivity contribution in [1.29, 1.82) is 0 Å². The van der Waals surface area contributed by atoms with E-state index in [-0.39, 0.29) is 0 Å². The summed E-state index contributed by atoms with van der Waals surface area (Å²) in [6.07, 6.45) is 16.6. The van der Waals surface area contributed by atoms with Gasteiger partial charge in [-0.05, 0) is 31.7 Å². The molecule has 0 amide bonds. The summed E-state index contributed by atoms with van der Waals surface area (Å²) in [4.78, 5) is 0. The number of nitrogens with zero attached hydrogens (tertiary/aromatic N) is 2. The average molecular weight is 419 g/mol. The molecule has 0 aliphatic carbocycles. The zero-order valence-corrected chi connectivity index (χ0v) is 21.5. The Labute approximate surface area is 189 Å². The van der Waals surface area contributed by atoms with Crippen molar-refractivity contribution in [2.45, 2.75) is 104 Å². The maximum atomic E-state index is 2.47. The minimum absolute atomic E-state index is 1.10. The van der Waals surface area contributed by atoms with Crippen molar-refractivity contribution in [2.75, 3.05) is 41.3 Å². The smallest absolute Gasteiger partial charge is 0.104 e. The Balaban J connectivity index is 2.43. The highest BCUT2D eigenvalue weighted by atomic mass is 15.3. The largest absolute Gasteiger partial charge is 0.325 e. The molecule has 1 rings (SSSR count). The van der Waals surface area contributed by atoms with Crippen molar-refractivity contribution < 1.29 is 8.97 Å². The number of hydrogen-bond acceptors (Lipinski definition) is 0. The molecule has 0 atom stereocenters. The second-order valence-electron chi connectivity index (χ2n) is 11.0. The van der Waals surface area contributed by atoms with Crippen LogP contribution in [-0.2, 0) is 13.1 Å². The molecular formula is C28H54N2+2. The third kappa shape index (κ3) is 13.4. The van der Waals surface area contributed by atoms with Gasteiger partial charge < -0.3 is 8.97 Å². The van der Waals surface area contributed by atoms with Crippen molar-refractivity contribution in [3.05, 3.63) is 35.4 Å². The summed E-state index contributed by atoms with van der Waals surface area (Å²) in [7, 11) is 9.60. The summed E-state index contributed by atoms with van der Waals surface area (Å²) in [5.41, 5.74) is 3.01. The lowest BCUT2D eigenvalue weighted by Crippen LogP contribution is -2.40. The van der Waals surface area contributed by atoms with Crippen LogP contribution in [-0.4, -0.2) is 50.2 Å². The molecule has 0 saturated heterocycles. The van der Waals surface area contributed by atoms with Gasteiger partial charge >= 0.3 is 0 Å². The first-order chi connectivity index (χ1) is 14.3. The molecule has 174 valence electrons. The van der Waals surface area contributed by atoms with Crippen LogP contribution in [0, 0.1) is 0 Å². The van der Waals surface area contributed by atoms with Gasteiger partial charge in [-0.2, -0.15) is 0 Å². The Bertz CT molecular complexity index is 502. The SMILES string of the molecule is CCCCCCCC[N+](C)(C)Cc1cccc(C[N+](C)(C)CCCCCCCC)c1. The lowest BCUT2D eigenvalue weighted by atomic mass is 10.1. The van der Waals surface area contributed by atoms with Gasteiger partial charge in [0.1, 0.15) is 13.1 Å². The molecule has 0 fully saturated rings. The van der Waals surface area contributed by atoms with Gasteiger partial charge in [-0.1, -0.05) is 83.4 Å². The molecule has 0 aromatic heterocycles. The van der Waals surface area contributed by atoms with Gasteiger partial charge in [0.05, 0.1) is 41.3 Å². The molecule has 1 aromatic rings. The van der Waals surface area contributed by atoms with Gasteiger partial charge in [-0.3, -0.25) is 0 Å². The molecule has 0 N–H and O–H groups in total. The van der Waals surface area contributed by atoms with E-state index >= 15 is 0 Å². The topological polar surface area (TPSA) is 0 Å². The number of rotatable bonds is 18. The molecule has 2 heteroatoms. The minimum Gasteiger partial charge on any atom is -0.325 e. The predicted molar refractivity (Wildman–Crippen MR) is 135 cm³/mol. The summed E-state index contributed by atoms with van der Waals surface area (Å²) in [5.74, 6) is 0. The van der Waals surface area contributed by atoms with Crippen molar-refractivity contribution in [1.82, 2.24) is 0 Å². The van der Waals surface area contributed by atoms with E-state index in [9.17, 15) is 0 Å². The molecule has 0 radical (unpaired) electrons. The predicted octanol–water partition coefficient (Wildman–Crippen LogP) is 7.56. The minimum atomic E-state index is 1.10. The zero-order valence-electron chi connectivity index (χ0n) is 21.5. The Morgan fingerprint density at radius 3 is 1.30 bits per heavy atom. The molecule has 0 unspecified atom stereocenters. The lowest BCUT2D eigenvalue weighted by Gasteiger charge is -2.31. The van der Waals surface area contributed by atoms with E-state index < -0.39 is 0 Å². The van der Waals surface area contributed by atoms with Crippen LogP contribution in [0.5, 0.6) is 0 Å². The van der Waals surface area contributed by atoms with Crippen LogP contribution in [0.1, 0.15) is 102 Å². The fourth-order valence-electron chi connectivity index (χ4n) is 4.61. The Kier molecular flexibility index (Phi) is 13.6. The van der Waals surface area contributed by atoms with E-state index in [1.165, 1.54) is 101 Å². The highest BCUT2D eigenvalue weighted by molar-refractivity contribution is 5.22. The fraction of sp³-hybridized carbons (Fsp3) is 0.786. The molecule has 30 heavy (non-hydrogen) atoms. The molecule has 0 heterocycles. The summed E-state index contributed by atoms with van der Waals surface area (Å²) >= 11 is 0. The van der Waals surface area contributed by atoms with Gasteiger partial charge in [0.25, 0.3) is 0 Å². The highest BCUT2D eigenvalue weighted by Gasteiger charge is 2.18. The molecule has 0 aliphatic heterocycles. The number of benzene rings is 1. The lowest BCUT2D eigenvalue weighted by molar-refractivity contribution is -0.904. The van der Waals surface area contributed by atoms with E-state index in [4.69, 9.17) is 0 Å². The summed E-state index contributed by atoms with van der Waals surface area (Å²) in [6.45, 7) is 9.46. The van der Waals surface area contributed by atoms with Crippen LogP contribution in [0.2, 0.25) is 0 Å². The Morgan fingerprint density at radius 1 is 0.533 bits per heavy atom. The maximum absolute atomic E-state index is 2.47. The quantitative estimate of drug-likeness (QED) is 0.170. The normalized spacial score (nSPS) is 12.5. The molecule has 0 bridgehead atoms. The number of hydrogen-bond donors (Lipinski definition) is 0. The van der Waals surface area contributed by atoms with Gasteiger partial charge in [-0.25, -0.2) is 0 Å². The van der Waals surface area contributed by atoms with Crippen molar-refractivity contribution >= 4 is 0 Å². The molecule has 0 saturated carbocycles. The third-order valence-electron chi connectivity index (χ3n) is 6.45. The Hall–Kier alpha value is -0.860. The van der Waals surface area contributed by atoms with Gasteiger partial charge in [0.2, 0.25) is 0 Å². The molecule has 1 aromatic carbocycles. The van der Waals surface area contributed by atoms with Crippen LogP contribution < -0.4 is 0 Å². The van der Waals surface area contributed by atoms with Crippen molar-refractivity contribution in [3.8, 4) is 0 Å². The van der Waals surface area contributed by atoms with Crippen molar-refractivity contribution in [2.24, 2.45) is 0 Å². The van der Waals surface area contributed by atoms with E-state index in [2.05, 4.69) is 66.3 Å². The van der Waals surface area contributed by atoms with Crippen LogP contribution >= 0.6 is 0 Å². The van der Waals surface area contributed by atoms with E-state index in [0.29, 0.717) is 0 Å². The second kappa shape index (κ2) is 15.0. The Morgan fingerprint density at radius 2 is 0.900 bits per heavy atom. The summed E-state index contributed by atoms with van der Waals surface area (Å²) < 4.78 is 2.21.